The lowest BCUT2D eigenvalue weighted by atomic mass is 9.96. The van der Waals surface area contributed by atoms with Crippen molar-refractivity contribution in [3.8, 4) is 0 Å². The lowest BCUT2D eigenvalue weighted by molar-refractivity contribution is 0.367. The van der Waals surface area contributed by atoms with Crippen molar-refractivity contribution in [3.63, 3.8) is 0 Å². The van der Waals surface area contributed by atoms with Crippen molar-refractivity contribution in [2.45, 2.75) is 24.2 Å². The molecule has 0 atom stereocenters. The van der Waals surface area contributed by atoms with Crippen LogP contribution in [-0.2, 0) is 0 Å². The number of thioether (sulfide) groups is 1. The van der Waals surface area contributed by atoms with E-state index in [2.05, 4.69) is 5.32 Å². The second kappa shape index (κ2) is 6.26. The Morgan fingerprint density at radius 3 is 2.82 bits per heavy atom. The van der Waals surface area contributed by atoms with Gasteiger partial charge in [0.05, 0.1) is 5.69 Å². The second-order valence-corrected chi connectivity index (χ2v) is 5.68. The van der Waals surface area contributed by atoms with E-state index < -0.39 is 0 Å². The third-order valence-corrected chi connectivity index (χ3v) is 4.25. The highest BCUT2D eigenvalue weighted by Gasteiger charge is 2.12. The van der Waals surface area contributed by atoms with Crippen LogP contribution >= 0.6 is 11.8 Å². The summed E-state index contributed by atoms with van der Waals surface area (Å²) in [6.45, 7) is 2.29. The lowest BCUT2D eigenvalue weighted by Crippen LogP contribution is -2.27. The van der Waals surface area contributed by atoms with Gasteiger partial charge in [-0.15, -0.1) is 11.8 Å². The number of hydrogen-bond acceptors (Lipinski definition) is 3. The maximum absolute atomic E-state index is 13.2. The maximum Gasteiger partial charge on any atom is 0.147 e. The molecule has 1 aliphatic heterocycles. The van der Waals surface area contributed by atoms with Gasteiger partial charge in [-0.05, 0) is 62.2 Å². The van der Waals surface area contributed by atoms with Crippen LogP contribution in [0.5, 0.6) is 0 Å². The summed E-state index contributed by atoms with van der Waals surface area (Å²) in [5.41, 5.74) is 5.67. The molecule has 1 aromatic carbocycles. The molecule has 0 bridgehead atoms. The smallest absolute Gasteiger partial charge is 0.147 e. The Hall–Kier alpha value is -0.740. The molecule has 0 spiro atoms. The summed E-state index contributed by atoms with van der Waals surface area (Å²) >= 11 is 1.72. The fourth-order valence-electron chi connectivity index (χ4n) is 2.11. The molecule has 4 heteroatoms. The van der Waals surface area contributed by atoms with Gasteiger partial charge in [-0.25, -0.2) is 4.39 Å². The number of anilines is 1. The number of rotatable bonds is 4. The Balaban J connectivity index is 1.75. The van der Waals surface area contributed by atoms with Gasteiger partial charge in [0.25, 0.3) is 0 Å². The first-order valence-electron chi connectivity index (χ1n) is 6.14. The highest BCUT2D eigenvalue weighted by molar-refractivity contribution is 7.99. The third kappa shape index (κ3) is 3.89. The SMILES string of the molecule is Nc1ccc(SCCC2CCNCC2)cc1F. The highest BCUT2D eigenvalue weighted by atomic mass is 32.2. The van der Waals surface area contributed by atoms with Gasteiger partial charge >= 0.3 is 0 Å². The van der Waals surface area contributed by atoms with Crippen LogP contribution in [-0.4, -0.2) is 18.8 Å². The predicted octanol–water partition coefficient (Wildman–Crippen LogP) is 2.89. The van der Waals surface area contributed by atoms with Crippen molar-refractivity contribution >= 4 is 17.4 Å². The first-order chi connectivity index (χ1) is 8.25. The van der Waals surface area contributed by atoms with Gasteiger partial charge in [0.2, 0.25) is 0 Å². The van der Waals surface area contributed by atoms with E-state index in [4.69, 9.17) is 5.73 Å². The number of benzene rings is 1. The molecule has 0 aromatic heterocycles. The van der Waals surface area contributed by atoms with E-state index in [0.29, 0.717) is 0 Å². The van der Waals surface area contributed by atoms with Crippen LogP contribution in [0.15, 0.2) is 23.1 Å². The van der Waals surface area contributed by atoms with Crippen molar-refractivity contribution in [2.75, 3.05) is 24.6 Å². The first kappa shape index (κ1) is 12.7. The summed E-state index contributed by atoms with van der Waals surface area (Å²) in [7, 11) is 0. The molecule has 0 radical (unpaired) electrons. The summed E-state index contributed by atoms with van der Waals surface area (Å²) < 4.78 is 13.2. The van der Waals surface area contributed by atoms with E-state index in [1.165, 1.54) is 25.3 Å². The van der Waals surface area contributed by atoms with Gasteiger partial charge in [-0.3, -0.25) is 0 Å². The number of nitrogen functional groups attached to an aromatic ring is 1. The predicted molar refractivity (Wildman–Crippen MR) is 71.7 cm³/mol. The molecule has 0 amide bonds. The Morgan fingerprint density at radius 2 is 2.12 bits per heavy atom. The monoisotopic (exact) mass is 254 g/mol. The molecular formula is C13H19FN2S. The summed E-state index contributed by atoms with van der Waals surface area (Å²) in [4.78, 5) is 0.977. The van der Waals surface area contributed by atoms with Crippen LogP contribution in [0.4, 0.5) is 10.1 Å². The number of halogens is 1. The van der Waals surface area contributed by atoms with Crippen molar-refractivity contribution in [2.24, 2.45) is 5.92 Å². The van der Waals surface area contributed by atoms with Crippen molar-refractivity contribution in [3.05, 3.63) is 24.0 Å². The van der Waals surface area contributed by atoms with Crippen molar-refractivity contribution < 1.29 is 4.39 Å². The summed E-state index contributed by atoms with van der Waals surface area (Å²) in [5.74, 6) is 1.59. The quantitative estimate of drug-likeness (QED) is 0.641. The Labute approximate surface area is 106 Å². The van der Waals surface area contributed by atoms with E-state index in [9.17, 15) is 4.39 Å². The van der Waals surface area contributed by atoms with Crippen LogP contribution in [0.3, 0.4) is 0 Å². The average Bonchev–Trinajstić information content (AvgIpc) is 2.35. The number of hydrogen-bond donors (Lipinski definition) is 2. The van der Waals surface area contributed by atoms with Gasteiger partial charge in [0, 0.05) is 4.90 Å². The third-order valence-electron chi connectivity index (χ3n) is 3.23. The average molecular weight is 254 g/mol. The minimum Gasteiger partial charge on any atom is -0.396 e. The molecule has 1 heterocycles. The Morgan fingerprint density at radius 1 is 1.35 bits per heavy atom. The summed E-state index contributed by atoms with van der Waals surface area (Å²) in [5, 5.41) is 3.37. The fraction of sp³-hybridized carbons (Fsp3) is 0.538. The van der Waals surface area contributed by atoms with Gasteiger partial charge in [-0.2, -0.15) is 0 Å². The normalized spacial score (nSPS) is 17.2. The van der Waals surface area contributed by atoms with Crippen LogP contribution < -0.4 is 11.1 Å². The largest absolute Gasteiger partial charge is 0.396 e. The molecule has 3 N–H and O–H groups in total. The van der Waals surface area contributed by atoms with E-state index in [1.807, 2.05) is 6.07 Å². The zero-order chi connectivity index (χ0) is 12.1. The fourth-order valence-corrected chi connectivity index (χ4v) is 3.15. The minimum atomic E-state index is -0.308. The zero-order valence-corrected chi connectivity index (χ0v) is 10.7. The summed E-state index contributed by atoms with van der Waals surface area (Å²) in [6.07, 6.45) is 3.77. The van der Waals surface area contributed by atoms with Gasteiger partial charge < -0.3 is 11.1 Å². The van der Waals surface area contributed by atoms with Crippen LogP contribution in [0, 0.1) is 11.7 Å². The topological polar surface area (TPSA) is 38.0 Å². The van der Waals surface area contributed by atoms with Crippen LogP contribution in [0.25, 0.3) is 0 Å². The minimum absolute atomic E-state index is 0.229. The van der Waals surface area contributed by atoms with Gasteiger partial charge in [-0.1, -0.05) is 0 Å². The molecule has 2 rings (SSSR count). The molecule has 0 unspecified atom stereocenters. The number of nitrogens with two attached hydrogens (primary N) is 1. The molecule has 1 fully saturated rings. The first-order valence-corrected chi connectivity index (χ1v) is 7.13. The molecule has 17 heavy (non-hydrogen) atoms. The molecule has 1 saturated heterocycles. The summed E-state index contributed by atoms with van der Waals surface area (Å²) in [6, 6.07) is 5.07. The van der Waals surface area contributed by atoms with Crippen LogP contribution in [0.1, 0.15) is 19.3 Å². The second-order valence-electron chi connectivity index (χ2n) is 4.51. The number of piperidine rings is 1. The van der Waals surface area contributed by atoms with E-state index >= 15 is 0 Å². The Bertz CT molecular complexity index is 364. The number of nitrogens with one attached hydrogen (secondary N) is 1. The van der Waals surface area contributed by atoms with Gasteiger partial charge in [0.1, 0.15) is 5.82 Å². The molecule has 1 aromatic rings. The van der Waals surface area contributed by atoms with Crippen molar-refractivity contribution in [1.82, 2.24) is 5.32 Å². The zero-order valence-electron chi connectivity index (χ0n) is 9.92. The lowest BCUT2D eigenvalue weighted by Gasteiger charge is -2.22. The molecule has 94 valence electrons. The molecule has 0 aliphatic carbocycles. The van der Waals surface area contributed by atoms with E-state index in [-0.39, 0.29) is 11.5 Å². The van der Waals surface area contributed by atoms with Crippen molar-refractivity contribution in [1.29, 1.82) is 0 Å². The van der Waals surface area contributed by atoms with Gasteiger partial charge in [0.15, 0.2) is 0 Å². The highest BCUT2D eigenvalue weighted by Crippen LogP contribution is 2.25. The molecule has 2 nitrogen and oxygen atoms in total. The van der Waals surface area contributed by atoms with E-state index in [1.54, 1.807) is 17.8 Å². The molecule has 0 saturated carbocycles. The molecular weight excluding hydrogens is 235 g/mol. The van der Waals surface area contributed by atoms with Crippen LogP contribution in [0.2, 0.25) is 0 Å². The molecule has 1 aliphatic rings. The van der Waals surface area contributed by atoms with E-state index in [0.717, 1.165) is 29.7 Å². The Kier molecular flexibility index (Phi) is 4.68. The standard InChI is InChI=1S/C13H19FN2S/c14-12-9-11(1-2-13(12)15)17-8-5-10-3-6-16-7-4-10/h1-2,9-10,16H,3-8,15H2. The maximum atomic E-state index is 13.2.